The number of hydrogen-bond acceptors (Lipinski definition) is 5. The van der Waals surface area contributed by atoms with Crippen molar-refractivity contribution < 1.29 is 9.72 Å². The van der Waals surface area contributed by atoms with Crippen LogP contribution in [0.2, 0.25) is 0 Å². The number of aryl methyl sites for hydroxylation is 2. The lowest BCUT2D eigenvalue weighted by atomic mass is 10.1. The second kappa shape index (κ2) is 4.69. The number of hydrogen-bond donors (Lipinski definition) is 0. The highest BCUT2D eigenvalue weighted by molar-refractivity contribution is 7.12. The van der Waals surface area contributed by atoms with E-state index in [1.54, 1.807) is 11.3 Å². The predicted molar refractivity (Wildman–Crippen MR) is 67.0 cm³/mol. The summed E-state index contributed by atoms with van der Waals surface area (Å²) < 4.78 is 1.28. The number of rotatable bonds is 4. The lowest BCUT2D eigenvalue weighted by Gasteiger charge is -1.97. The average Bonchev–Trinajstić information content (AvgIpc) is 2.85. The van der Waals surface area contributed by atoms with Gasteiger partial charge in [0.2, 0.25) is 0 Å². The molecule has 0 saturated heterocycles. The van der Waals surface area contributed by atoms with Crippen LogP contribution in [0.25, 0.3) is 0 Å². The molecule has 0 atom stereocenters. The summed E-state index contributed by atoms with van der Waals surface area (Å²) in [4.78, 5) is 23.9. The van der Waals surface area contributed by atoms with E-state index in [2.05, 4.69) is 5.10 Å². The Balaban J connectivity index is 2.16. The molecule has 0 aromatic carbocycles. The normalized spacial score (nSPS) is 10.6. The molecule has 0 fully saturated rings. The van der Waals surface area contributed by atoms with Gasteiger partial charge < -0.3 is 10.1 Å². The van der Waals surface area contributed by atoms with E-state index >= 15 is 0 Å². The number of carbonyl (C=O) groups excluding carboxylic acids is 1. The smallest absolute Gasteiger partial charge is 0.358 e. The fourth-order valence-corrected chi connectivity index (χ4v) is 2.62. The molecule has 2 aromatic heterocycles. The van der Waals surface area contributed by atoms with Crippen molar-refractivity contribution in [1.29, 1.82) is 0 Å². The summed E-state index contributed by atoms with van der Waals surface area (Å²) in [7, 11) is 0. The van der Waals surface area contributed by atoms with Gasteiger partial charge in [-0.2, -0.15) is 4.68 Å². The lowest BCUT2D eigenvalue weighted by molar-refractivity contribution is -0.389. The molecule has 0 saturated carbocycles. The molecular weight excluding hydrogens is 254 g/mol. The molecule has 0 bridgehead atoms. The van der Waals surface area contributed by atoms with E-state index in [-0.39, 0.29) is 18.1 Å². The van der Waals surface area contributed by atoms with Crippen LogP contribution in [0, 0.1) is 24.0 Å². The Bertz CT molecular complexity index is 615. The van der Waals surface area contributed by atoms with Crippen LogP contribution < -0.4 is 0 Å². The molecule has 6 nitrogen and oxygen atoms in total. The summed E-state index contributed by atoms with van der Waals surface area (Å²) >= 11 is 1.56. The SMILES string of the molecule is Cc1cc(C(=O)Cn2ccc([N+](=O)[O-])n2)c(C)s1. The van der Waals surface area contributed by atoms with Gasteiger partial charge >= 0.3 is 5.82 Å². The third-order valence-electron chi connectivity index (χ3n) is 2.46. The van der Waals surface area contributed by atoms with Crippen LogP contribution >= 0.6 is 11.3 Å². The maximum absolute atomic E-state index is 12.0. The summed E-state index contributed by atoms with van der Waals surface area (Å²) in [6, 6.07) is 3.11. The summed E-state index contributed by atoms with van der Waals surface area (Å²) in [6.45, 7) is 3.84. The molecule has 0 amide bonds. The number of ketones is 1. The van der Waals surface area contributed by atoms with Crippen LogP contribution in [0.5, 0.6) is 0 Å². The maximum atomic E-state index is 12.0. The number of thiophene rings is 1. The molecule has 0 N–H and O–H groups in total. The fourth-order valence-electron chi connectivity index (χ4n) is 1.68. The Kier molecular flexibility index (Phi) is 3.24. The van der Waals surface area contributed by atoms with E-state index in [9.17, 15) is 14.9 Å². The molecule has 0 unspecified atom stereocenters. The van der Waals surface area contributed by atoms with Crippen molar-refractivity contribution in [3.8, 4) is 0 Å². The number of Topliss-reactive ketones (excluding diaryl/α,β-unsaturated/α-hetero) is 1. The second-order valence-corrected chi connectivity index (χ2v) is 5.34. The Morgan fingerprint density at radius 1 is 1.56 bits per heavy atom. The van der Waals surface area contributed by atoms with E-state index in [4.69, 9.17) is 0 Å². The van der Waals surface area contributed by atoms with Crippen molar-refractivity contribution in [2.45, 2.75) is 20.4 Å². The van der Waals surface area contributed by atoms with Crippen molar-refractivity contribution in [3.05, 3.63) is 43.8 Å². The second-order valence-electron chi connectivity index (χ2n) is 3.88. The van der Waals surface area contributed by atoms with Crippen molar-refractivity contribution in [2.24, 2.45) is 0 Å². The molecule has 2 heterocycles. The van der Waals surface area contributed by atoms with Gasteiger partial charge in [-0.3, -0.25) is 4.79 Å². The molecule has 0 aliphatic carbocycles. The molecule has 94 valence electrons. The first-order chi connectivity index (χ1) is 8.47. The quantitative estimate of drug-likeness (QED) is 0.483. The van der Waals surface area contributed by atoms with E-state index in [1.165, 1.54) is 16.9 Å². The third-order valence-corrected chi connectivity index (χ3v) is 3.43. The Hall–Kier alpha value is -2.02. The number of nitro groups is 1. The Morgan fingerprint density at radius 3 is 2.78 bits per heavy atom. The van der Waals surface area contributed by atoms with Crippen molar-refractivity contribution >= 4 is 22.9 Å². The number of aromatic nitrogens is 2. The Morgan fingerprint density at radius 2 is 2.28 bits per heavy atom. The Labute approximate surface area is 107 Å². The van der Waals surface area contributed by atoms with Crippen LogP contribution in [0.4, 0.5) is 5.82 Å². The fraction of sp³-hybridized carbons (Fsp3) is 0.273. The van der Waals surface area contributed by atoms with Gasteiger partial charge in [0.15, 0.2) is 5.78 Å². The van der Waals surface area contributed by atoms with Crippen molar-refractivity contribution in [1.82, 2.24) is 9.78 Å². The van der Waals surface area contributed by atoms with Crippen LogP contribution in [0.3, 0.4) is 0 Å². The van der Waals surface area contributed by atoms with Gasteiger partial charge in [-0.1, -0.05) is 0 Å². The van der Waals surface area contributed by atoms with Crippen LogP contribution in [-0.2, 0) is 6.54 Å². The minimum atomic E-state index is -0.582. The van der Waals surface area contributed by atoms with E-state index in [0.717, 1.165) is 9.75 Å². The molecular formula is C11H11N3O3S. The van der Waals surface area contributed by atoms with Gasteiger partial charge in [-0.15, -0.1) is 11.3 Å². The highest BCUT2D eigenvalue weighted by atomic mass is 32.1. The van der Waals surface area contributed by atoms with Gasteiger partial charge in [0.05, 0.1) is 17.4 Å². The van der Waals surface area contributed by atoms with E-state index < -0.39 is 4.92 Å². The molecule has 2 aromatic rings. The van der Waals surface area contributed by atoms with Crippen molar-refractivity contribution in [3.63, 3.8) is 0 Å². The molecule has 2 rings (SSSR count). The minimum Gasteiger partial charge on any atom is -0.358 e. The van der Waals surface area contributed by atoms with Gasteiger partial charge in [-0.25, -0.2) is 0 Å². The summed E-state index contributed by atoms with van der Waals surface area (Å²) in [5.74, 6) is -0.337. The topological polar surface area (TPSA) is 78.0 Å². The summed E-state index contributed by atoms with van der Waals surface area (Å²) in [5.41, 5.74) is 0.663. The standard InChI is InChI=1S/C11H11N3O3S/c1-7-5-9(8(2)18-7)10(15)6-13-4-3-11(12-13)14(16)17/h3-5H,6H2,1-2H3. The first-order valence-electron chi connectivity index (χ1n) is 5.25. The summed E-state index contributed by atoms with van der Waals surface area (Å²) in [6.07, 6.45) is 1.44. The zero-order valence-corrected chi connectivity index (χ0v) is 10.7. The van der Waals surface area contributed by atoms with Gasteiger partial charge in [0, 0.05) is 15.3 Å². The van der Waals surface area contributed by atoms with Gasteiger partial charge in [-0.05, 0) is 24.8 Å². The third kappa shape index (κ3) is 2.45. The summed E-state index contributed by atoms with van der Waals surface area (Å²) in [5, 5.41) is 14.2. The van der Waals surface area contributed by atoms with Crippen LogP contribution in [-0.4, -0.2) is 20.5 Å². The zero-order chi connectivity index (χ0) is 13.3. The largest absolute Gasteiger partial charge is 0.389 e. The highest BCUT2D eigenvalue weighted by Gasteiger charge is 2.16. The van der Waals surface area contributed by atoms with E-state index in [1.807, 2.05) is 19.9 Å². The zero-order valence-electron chi connectivity index (χ0n) is 9.91. The van der Waals surface area contributed by atoms with Crippen LogP contribution in [0.15, 0.2) is 18.3 Å². The molecule has 7 heteroatoms. The number of carbonyl (C=O) groups is 1. The first-order valence-corrected chi connectivity index (χ1v) is 6.07. The minimum absolute atomic E-state index is 0.0187. The number of nitrogens with zero attached hydrogens (tertiary/aromatic N) is 3. The molecule has 0 aliphatic heterocycles. The van der Waals surface area contributed by atoms with Gasteiger partial charge in [0.1, 0.15) is 6.54 Å². The van der Waals surface area contributed by atoms with Crippen molar-refractivity contribution in [2.75, 3.05) is 0 Å². The van der Waals surface area contributed by atoms with Crippen LogP contribution in [0.1, 0.15) is 20.1 Å². The predicted octanol–water partition coefficient (Wildman–Crippen LogP) is 2.35. The van der Waals surface area contributed by atoms with E-state index in [0.29, 0.717) is 5.56 Å². The lowest BCUT2D eigenvalue weighted by Crippen LogP contribution is -2.11. The molecule has 0 spiro atoms. The first kappa shape index (κ1) is 12.4. The molecule has 18 heavy (non-hydrogen) atoms. The maximum Gasteiger partial charge on any atom is 0.389 e. The molecule has 0 radical (unpaired) electrons. The monoisotopic (exact) mass is 265 g/mol. The highest BCUT2D eigenvalue weighted by Crippen LogP contribution is 2.21. The van der Waals surface area contributed by atoms with Gasteiger partial charge in [0.25, 0.3) is 0 Å². The average molecular weight is 265 g/mol. The molecule has 0 aliphatic rings.